The van der Waals surface area contributed by atoms with Gasteiger partial charge in [-0.25, -0.2) is 4.39 Å². The average Bonchev–Trinajstić information content (AvgIpc) is 2.38. The Morgan fingerprint density at radius 2 is 2.11 bits per heavy atom. The predicted octanol–water partition coefficient (Wildman–Crippen LogP) is 1.96. The van der Waals surface area contributed by atoms with E-state index in [4.69, 9.17) is 11.6 Å². The molecule has 2 rings (SSSR count). The number of likely N-dealkylation sites (tertiary alicyclic amines) is 1. The Morgan fingerprint density at radius 3 is 2.68 bits per heavy atom. The molecule has 5 heteroatoms. The number of nitrogens with zero attached hydrogens (tertiary/aromatic N) is 1. The van der Waals surface area contributed by atoms with E-state index in [0.717, 1.165) is 5.56 Å². The minimum Gasteiger partial charge on any atom is -0.389 e. The van der Waals surface area contributed by atoms with Gasteiger partial charge in [-0.2, -0.15) is 0 Å². The van der Waals surface area contributed by atoms with Gasteiger partial charge in [0.05, 0.1) is 5.60 Å². The van der Waals surface area contributed by atoms with Crippen molar-refractivity contribution in [3.8, 4) is 0 Å². The van der Waals surface area contributed by atoms with Gasteiger partial charge in [0.1, 0.15) is 11.7 Å². The standard InChI is InChI=1S/C14H17ClFNO2/c15-10-13(18)17-6-4-14(19,5-7-17)9-11-2-1-3-12(16)8-11/h1-3,8,19H,4-7,9-10H2. The van der Waals surface area contributed by atoms with Crippen molar-refractivity contribution < 1.29 is 14.3 Å². The molecule has 1 saturated heterocycles. The number of aliphatic hydroxyl groups is 1. The molecule has 1 aromatic carbocycles. The first-order valence-corrected chi connectivity index (χ1v) is 6.86. The van der Waals surface area contributed by atoms with Crippen LogP contribution in [0.4, 0.5) is 4.39 Å². The van der Waals surface area contributed by atoms with E-state index in [1.165, 1.54) is 12.1 Å². The van der Waals surface area contributed by atoms with Crippen molar-refractivity contribution in [1.82, 2.24) is 4.90 Å². The quantitative estimate of drug-likeness (QED) is 0.863. The fraction of sp³-hybridized carbons (Fsp3) is 0.500. The summed E-state index contributed by atoms with van der Waals surface area (Å²) in [5.41, 5.74) is -0.0868. The zero-order valence-electron chi connectivity index (χ0n) is 10.6. The average molecular weight is 286 g/mol. The van der Waals surface area contributed by atoms with Crippen LogP contribution < -0.4 is 0 Å². The fourth-order valence-electron chi connectivity index (χ4n) is 2.46. The highest BCUT2D eigenvalue weighted by Crippen LogP contribution is 2.26. The Hall–Kier alpha value is -1.13. The van der Waals surface area contributed by atoms with Gasteiger partial charge in [-0.3, -0.25) is 4.79 Å². The van der Waals surface area contributed by atoms with Crippen molar-refractivity contribution in [2.75, 3.05) is 19.0 Å². The molecule has 1 N–H and O–H groups in total. The monoisotopic (exact) mass is 285 g/mol. The van der Waals surface area contributed by atoms with E-state index in [0.29, 0.717) is 32.4 Å². The summed E-state index contributed by atoms with van der Waals surface area (Å²) in [6.45, 7) is 0.995. The molecule has 1 aliphatic rings. The molecule has 0 radical (unpaired) electrons. The molecule has 0 aliphatic carbocycles. The maximum absolute atomic E-state index is 13.1. The van der Waals surface area contributed by atoms with E-state index < -0.39 is 5.60 Å². The molecule has 1 amide bonds. The third-order valence-corrected chi connectivity index (χ3v) is 3.81. The maximum Gasteiger partial charge on any atom is 0.237 e. The molecule has 0 atom stereocenters. The zero-order valence-corrected chi connectivity index (χ0v) is 11.4. The molecule has 1 aliphatic heterocycles. The summed E-state index contributed by atoms with van der Waals surface area (Å²) in [7, 11) is 0. The molecule has 104 valence electrons. The van der Waals surface area contributed by atoms with E-state index in [9.17, 15) is 14.3 Å². The molecule has 0 spiro atoms. The summed E-state index contributed by atoms with van der Waals surface area (Å²) in [6.07, 6.45) is 1.39. The normalized spacial score (nSPS) is 18.4. The van der Waals surface area contributed by atoms with Gasteiger partial charge < -0.3 is 10.0 Å². The highest BCUT2D eigenvalue weighted by molar-refractivity contribution is 6.27. The smallest absolute Gasteiger partial charge is 0.237 e. The van der Waals surface area contributed by atoms with Crippen LogP contribution in [0.2, 0.25) is 0 Å². The first-order valence-electron chi connectivity index (χ1n) is 6.33. The molecule has 3 nitrogen and oxygen atoms in total. The van der Waals surface area contributed by atoms with Crippen LogP contribution in [0.25, 0.3) is 0 Å². The second-order valence-electron chi connectivity index (χ2n) is 5.05. The van der Waals surface area contributed by atoms with E-state index in [1.54, 1.807) is 17.0 Å². The fourth-order valence-corrected chi connectivity index (χ4v) is 2.63. The largest absolute Gasteiger partial charge is 0.389 e. The van der Waals surface area contributed by atoms with Gasteiger partial charge in [0.15, 0.2) is 0 Å². The van der Waals surface area contributed by atoms with Gasteiger partial charge in [-0.1, -0.05) is 12.1 Å². The lowest BCUT2D eigenvalue weighted by molar-refractivity contribution is -0.132. The Balaban J connectivity index is 1.96. The van der Waals surface area contributed by atoms with Crippen molar-refractivity contribution >= 4 is 17.5 Å². The number of alkyl halides is 1. The first-order chi connectivity index (χ1) is 9.02. The predicted molar refractivity (Wildman–Crippen MR) is 71.6 cm³/mol. The molecule has 0 unspecified atom stereocenters. The number of hydrogen-bond acceptors (Lipinski definition) is 2. The van der Waals surface area contributed by atoms with Gasteiger partial charge in [-0.15, -0.1) is 11.6 Å². The second kappa shape index (κ2) is 5.88. The molecular weight excluding hydrogens is 269 g/mol. The molecule has 19 heavy (non-hydrogen) atoms. The van der Waals surface area contributed by atoms with Crippen LogP contribution in [0.3, 0.4) is 0 Å². The first kappa shape index (κ1) is 14.3. The van der Waals surface area contributed by atoms with Crippen LogP contribution in [0, 0.1) is 5.82 Å². The number of amides is 1. The third-order valence-electron chi connectivity index (χ3n) is 3.58. The van der Waals surface area contributed by atoms with E-state index in [1.807, 2.05) is 0 Å². The van der Waals surface area contributed by atoms with Crippen LogP contribution >= 0.6 is 11.6 Å². The zero-order chi connectivity index (χ0) is 13.9. The highest BCUT2D eigenvalue weighted by Gasteiger charge is 2.33. The van der Waals surface area contributed by atoms with Crippen molar-refractivity contribution in [2.45, 2.75) is 24.9 Å². The van der Waals surface area contributed by atoms with Crippen LogP contribution in [-0.2, 0) is 11.2 Å². The summed E-state index contributed by atoms with van der Waals surface area (Å²) in [5.74, 6) is -0.423. The van der Waals surface area contributed by atoms with Crippen LogP contribution in [0.5, 0.6) is 0 Å². The molecular formula is C14H17ClFNO2. The Bertz CT molecular complexity index is 459. The minimum absolute atomic E-state index is 0.0255. The molecule has 1 aromatic rings. The third kappa shape index (κ3) is 3.67. The number of rotatable bonds is 3. The lowest BCUT2D eigenvalue weighted by Crippen LogP contribution is -2.48. The Morgan fingerprint density at radius 1 is 1.42 bits per heavy atom. The van der Waals surface area contributed by atoms with Crippen molar-refractivity contribution in [3.05, 3.63) is 35.6 Å². The number of halogens is 2. The highest BCUT2D eigenvalue weighted by atomic mass is 35.5. The van der Waals surface area contributed by atoms with Crippen LogP contribution in [-0.4, -0.2) is 40.5 Å². The van der Waals surface area contributed by atoms with Crippen molar-refractivity contribution in [3.63, 3.8) is 0 Å². The number of piperidine rings is 1. The van der Waals surface area contributed by atoms with Crippen LogP contribution in [0.15, 0.2) is 24.3 Å². The summed E-state index contributed by atoms with van der Waals surface area (Å²) in [4.78, 5) is 13.1. The van der Waals surface area contributed by atoms with Gasteiger partial charge in [0.2, 0.25) is 5.91 Å². The number of benzene rings is 1. The number of hydrogen-bond donors (Lipinski definition) is 1. The summed E-state index contributed by atoms with van der Waals surface area (Å²) >= 11 is 5.51. The number of carbonyl (C=O) groups is 1. The minimum atomic E-state index is -0.864. The van der Waals surface area contributed by atoms with Gasteiger partial charge >= 0.3 is 0 Å². The van der Waals surface area contributed by atoms with Crippen molar-refractivity contribution in [2.24, 2.45) is 0 Å². The van der Waals surface area contributed by atoms with Gasteiger partial charge in [-0.05, 0) is 30.5 Å². The van der Waals surface area contributed by atoms with E-state index in [-0.39, 0.29) is 17.6 Å². The lowest BCUT2D eigenvalue weighted by Gasteiger charge is -2.38. The Kier molecular flexibility index (Phi) is 4.42. The molecule has 0 bridgehead atoms. The molecule has 1 fully saturated rings. The summed E-state index contributed by atoms with van der Waals surface area (Å²) in [6, 6.07) is 6.26. The Labute approximate surface area is 117 Å². The second-order valence-corrected chi connectivity index (χ2v) is 5.31. The SMILES string of the molecule is O=C(CCl)N1CCC(O)(Cc2cccc(F)c2)CC1. The van der Waals surface area contributed by atoms with Gasteiger partial charge in [0.25, 0.3) is 0 Å². The molecule has 1 heterocycles. The van der Waals surface area contributed by atoms with Crippen molar-refractivity contribution in [1.29, 1.82) is 0 Å². The summed E-state index contributed by atoms with van der Waals surface area (Å²) in [5, 5.41) is 10.5. The molecule has 0 aromatic heterocycles. The number of carbonyl (C=O) groups excluding carboxylic acids is 1. The summed E-state index contributed by atoms with van der Waals surface area (Å²) < 4.78 is 13.1. The topological polar surface area (TPSA) is 40.5 Å². The van der Waals surface area contributed by atoms with Crippen LogP contribution in [0.1, 0.15) is 18.4 Å². The molecule has 0 saturated carbocycles. The van der Waals surface area contributed by atoms with E-state index >= 15 is 0 Å². The van der Waals surface area contributed by atoms with Gasteiger partial charge in [0, 0.05) is 19.5 Å². The maximum atomic E-state index is 13.1. The van der Waals surface area contributed by atoms with E-state index in [2.05, 4.69) is 0 Å². The lowest BCUT2D eigenvalue weighted by atomic mass is 9.85.